The maximum Gasteiger partial charge on any atom is 0.279 e. The Morgan fingerprint density at radius 1 is 1.07 bits per heavy atom. The number of nitrogens with one attached hydrogen (secondary N) is 2. The lowest BCUT2D eigenvalue weighted by Crippen LogP contribution is -2.55. The standard InChI is InChI=1S/C21H38N6O/c1-4-14-27(15-5-2,16-13-24-3)17-20(28)26-19-10-8-18(9-11-19)7-6-12-25-21(22)23/h8-11,24H,4-7,12-17H2,1-3H3,(H4-,22,23,25,26,28)/p+1. The molecule has 0 radical (unpaired) electrons. The predicted molar refractivity (Wildman–Crippen MR) is 118 cm³/mol. The molecule has 7 heteroatoms. The molecular formula is C21H39N6O+. The fourth-order valence-electron chi connectivity index (χ4n) is 3.62. The smallest absolute Gasteiger partial charge is 0.279 e. The normalized spacial score (nSPS) is 11.2. The molecule has 0 unspecified atom stereocenters. The third-order valence-electron chi connectivity index (χ3n) is 4.87. The first-order chi connectivity index (χ1) is 13.4. The van der Waals surface area contributed by atoms with E-state index in [1.165, 1.54) is 5.56 Å². The molecule has 1 amide bonds. The maximum absolute atomic E-state index is 12.7. The molecule has 28 heavy (non-hydrogen) atoms. The number of hydrogen-bond acceptors (Lipinski definition) is 3. The van der Waals surface area contributed by atoms with Gasteiger partial charge in [-0.25, -0.2) is 0 Å². The number of benzene rings is 1. The summed E-state index contributed by atoms with van der Waals surface area (Å²) in [5.41, 5.74) is 12.7. The van der Waals surface area contributed by atoms with Crippen molar-refractivity contribution in [2.75, 3.05) is 51.6 Å². The van der Waals surface area contributed by atoms with Crippen LogP contribution in [0.25, 0.3) is 0 Å². The Morgan fingerprint density at radius 3 is 2.25 bits per heavy atom. The van der Waals surface area contributed by atoms with Crippen LogP contribution in [0, 0.1) is 0 Å². The molecule has 0 fully saturated rings. The Hall–Kier alpha value is -2.12. The second-order valence-electron chi connectivity index (χ2n) is 7.43. The van der Waals surface area contributed by atoms with E-state index in [4.69, 9.17) is 11.5 Å². The summed E-state index contributed by atoms with van der Waals surface area (Å²) < 4.78 is 0.836. The highest BCUT2D eigenvalue weighted by molar-refractivity contribution is 5.91. The zero-order valence-corrected chi connectivity index (χ0v) is 17.8. The minimum Gasteiger partial charge on any atom is -0.370 e. The molecule has 0 aliphatic rings. The monoisotopic (exact) mass is 391 g/mol. The van der Waals surface area contributed by atoms with Crippen molar-refractivity contribution in [1.82, 2.24) is 5.32 Å². The van der Waals surface area contributed by atoms with E-state index in [9.17, 15) is 4.79 Å². The van der Waals surface area contributed by atoms with E-state index in [-0.39, 0.29) is 11.9 Å². The highest BCUT2D eigenvalue weighted by atomic mass is 16.2. The van der Waals surface area contributed by atoms with Gasteiger partial charge in [0.1, 0.15) is 0 Å². The molecule has 0 heterocycles. The zero-order valence-electron chi connectivity index (χ0n) is 17.8. The number of carbonyl (C=O) groups excluding carboxylic acids is 1. The summed E-state index contributed by atoms with van der Waals surface area (Å²) in [5, 5.41) is 6.30. The molecule has 0 bridgehead atoms. The highest BCUT2D eigenvalue weighted by Crippen LogP contribution is 2.14. The van der Waals surface area contributed by atoms with Crippen LogP contribution in [0.15, 0.2) is 29.3 Å². The Morgan fingerprint density at radius 2 is 1.71 bits per heavy atom. The number of quaternary nitrogens is 1. The van der Waals surface area contributed by atoms with Gasteiger partial charge in [-0.2, -0.15) is 0 Å². The van der Waals surface area contributed by atoms with Crippen LogP contribution in [0.1, 0.15) is 38.7 Å². The van der Waals surface area contributed by atoms with Crippen molar-refractivity contribution >= 4 is 17.6 Å². The van der Waals surface area contributed by atoms with Crippen LogP contribution in [0.5, 0.6) is 0 Å². The average Bonchev–Trinajstić information content (AvgIpc) is 2.65. The van der Waals surface area contributed by atoms with Crippen LogP contribution in [-0.2, 0) is 11.2 Å². The number of amides is 1. The molecule has 0 atom stereocenters. The SMILES string of the molecule is CCC[N+](CCC)(CCNC)CC(=O)Nc1ccc(CCCN=C(N)N)cc1. The molecule has 158 valence electrons. The predicted octanol–water partition coefficient (Wildman–Crippen LogP) is 1.69. The average molecular weight is 392 g/mol. The van der Waals surface area contributed by atoms with E-state index in [1.54, 1.807) is 0 Å². The quantitative estimate of drug-likeness (QED) is 0.168. The van der Waals surface area contributed by atoms with Gasteiger partial charge in [0.2, 0.25) is 0 Å². The summed E-state index contributed by atoms with van der Waals surface area (Å²) in [6, 6.07) is 8.03. The Bertz CT molecular complexity index is 589. The number of nitrogens with zero attached hydrogens (tertiary/aromatic N) is 2. The van der Waals surface area contributed by atoms with Crippen molar-refractivity contribution in [3.05, 3.63) is 29.8 Å². The molecule has 0 spiro atoms. The summed E-state index contributed by atoms with van der Waals surface area (Å²) in [6.07, 6.45) is 3.95. The van der Waals surface area contributed by atoms with Crippen molar-refractivity contribution in [3.8, 4) is 0 Å². The van der Waals surface area contributed by atoms with Gasteiger partial charge in [0.05, 0.1) is 19.6 Å². The summed E-state index contributed by atoms with van der Waals surface area (Å²) in [6.45, 7) is 9.46. The first kappa shape index (κ1) is 23.9. The van der Waals surface area contributed by atoms with Gasteiger partial charge in [-0.3, -0.25) is 9.79 Å². The van der Waals surface area contributed by atoms with Crippen molar-refractivity contribution in [1.29, 1.82) is 0 Å². The molecule has 7 nitrogen and oxygen atoms in total. The Kier molecular flexibility index (Phi) is 11.2. The van der Waals surface area contributed by atoms with E-state index < -0.39 is 0 Å². The Balaban J connectivity index is 2.62. The lowest BCUT2D eigenvalue weighted by Gasteiger charge is -2.38. The number of aliphatic imine (C=N–C) groups is 1. The molecule has 1 aromatic rings. The largest absolute Gasteiger partial charge is 0.370 e. The minimum atomic E-state index is 0.0820. The molecule has 1 aromatic carbocycles. The summed E-state index contributed by atoms with van der Waals surface area (Å²) in [5.74, 6) is 0.215. The zero-order chi connectivity index (χ0) is 20.8. The van der Waals surface area contributed by atoms with Crippen molar-refractivity contribution in [2.24, 2.45) is 16.5 Å². The van der Waals surface area contributed by atoms with Gasteiger partial charge < -0.3 is 26.6 Å². The molecular weight excluding hydrogens is 352 g/mol. The molecule has 6 N–H and O–H groups in total. The van der Waals surface area contributed by atoms with Gasteiger partial charge in [0.15, 0.2) is 12.5 Å². The summed E-state index contributed by atoms with van der Waals surface area (Å²) in [4.78, 5) is 16.7. The first-order valence-electron chi connectivity index (χ1n) is 10.4. The third-order valence-corrected chi connectivity index (χ3v) is 4.87. The van der Waals surface area contributed by atoms with Gasteiger partial charge >= 0.3 is 0 Å². The highest BCUT2D eigenvalue weighted by Gasteiger charge is 2.28. The minimum absolute atomic E-state index is 0.0820. The van der Waals surface area contributed by atoms with E-state index in [1.807, 2.05) is 31.3 Å². The fourth-order valence-corrected chi connectivity index (χ4v) is 3.62. The second kappa shape index (κ2) is 13.1. The molecule has 0 aliphatic heterocycles. The van der Waals surface area contributed by atoms with E-state index in [0.717, 1.165) is 62.0 Å². The van der Waals surface area contributed by atoms with Crippen molar-refractivity contribution in [3.63, 3.8) is 0 Å². The van der Waals surface area contributed by atoms with E-state index in [2.05, 4.69) is 29.5 Å². The number of nitrogens with two attached hydrogens (primary N) is 2. The van der Waals surface area contributed by atoms with Crippen LogP contribution in [0.2, 0.25) is 0 Å². The van der Waals surface area contributed by atoms with Crippen LogP contribution in [0.3, 0.4) is 0 Å². The van der Waals surface area contributed by atoms with Crippen LogP contribution < -0.4 is 22.1 Å². The number of hydrogen-bond donors (Lipinski definition) is 4. The first-order valence-corrected chi connectivity index (χ1v) is 10.4. The van der Waals surface area contributed by atoms with E-state index in [0.29, 0.717) is 13.1 Å². The summed E-state index contributed by atoms with van der Waals surface area (Å²) >= 11 is 0. The van der Waals surface area contributed by atoms with Gasteiger partial charge in [0, 0.05) is 18.8 Å². The Labute approximate surface area is 170 Å². The fraction of sp³-hybridized carbons (Fsp3) is 0.619. The van der Waals surface area contributed by atoms with Gasteiger partial charge in [0.25, 0.3) is 5.91 Å². The molecule has 1 rings (SSSR count). The number of guanidine groups is 1. The number of anilines is 1. The molecule has 0 aliphatic carbocycles. The van der Waals surface area contributed by atoms with Crippen LogP contribution >= 0.6 is 0 Å². The van der Waals surface area contributed by atoms with Crippen molar-refractivity contribution in [2.45, 2.75) is 39.5 Å². The van der Waals surface area contributed by atoms with Gasteiger partial charge in [-0.1, -0.05) is 26.0 Å². The number of likely N-dealkylation sites (N-methyl/N-ethyl adjacent to an activating group) is 1. The third kappa shape index (κ3) is 9.19. The molecule has 0 saturated heterocycles. The second-order valence-corrected chi connectivity index (χ2v) is 7.43. The van der Waals surface area contributed by atoms with Crippen LogP contribution in [0.4, 0.5) is 5.69 Å². The van der Waals surface area contributed by atoms with E-state index >= 15 is 0 Å². The van der Waals surface area contributed by atoms with Gasteiger partial charge in [-0.15, -0.1) is 0 Å². The molecule has 0 saturated carbocycles. The van der Waals surface area contributed by atoms with Crippen LogP contribution in [-0.4, -0.2) is 62.7 Å². The molecule has 0 aromatic heterocycles. The van der Waals surface area contributed by atoms with Gasteiger partial charge in [-0.05, 0) is 50.4 Å². The van der Waals surface area contributed by atoms with Crippen molar-refractivity contribution < 1.29 is 9.28 Å². The number of carbonyl (C=O) groups is 1. The number of aryl methyl sites for hydroxylation is 1. The maximum atomic E-state index is 12.7. The summed E-state index contributed by atoms with van der Waals surface area (Å²) in [7, 11) is 1.96. The lowest BCUT2D eigenvalue weighted by atomic mass is 10.1. The topological polar surface area (TPSA) is 106 Å². The lowest BCUT2D eigenvalue weighted by molar-refractivity contribution is -0.919. The number of rotatable bonds is 14.